The van der Waals surface area contributed by atoms with Gasteiger partial charge in [-0.2, -0.15) is 0 Å². The van der Waals surface area contributed by atoms with Crippen LogP contribution in [0.15, 0.2) is 58.9 Å². The quantitative estimate of drug-likeness (QED) is 0.446. The molecule has 1 aromatic heterocycles. The van der Waals surface area contributed by atoms with Crippen LogP contribution in [0.1, 0.15) is 24.0 Å². The first-order valence-corrected chi connectivity index (χ1v) is 11.4. The highest BCUT2D eigenvalue weighted by atomic mass is 32.1. The molecule has 0 bridgehead atoms. The minimum Gasteiger partial charge on any atom is -0.508 e. The number of esters is 2. The van der Waals surface area contributed by atoms with Gasteiger partial charge in [-0.1, -0.05) is 24.3 Å². The molecule has 0 saturated heterocycles. The fourth-order valence-corrected chi connectivity index (χ4v) is 5.05. The molecular formula is C25H22N2O7S. The predicted octanol–water partition coefficient (Wildman–Crippen LogP) is 0.961. The molecule has 0 amide bonds. The molecular weight excluding hydrogens is 472 g/mol. The van der Waals surface area contributed by atoms with Gasteiger partial charge in [-0.25, -0.2) is 9.59 Å². The summed E-state index contributed by atoms with van der Waals surface area (Å²) in [6, 6.07) is 12.2. The summed E-state index contributed by atoms with van der Waals surface area (Å²) in [5, 5.41) is 19.3. The highest BCUT2D eigenvalue weighted by Gasteiger charge is 2.39. The number of thiazole rings is 1. The topological polar surface area (TPSA) is 141 Å². The van der Waals surface area contributed by atoms with E-state index in [2.05, 4.69) is 0 Å². The van der Waals surface area contributed by atoms with Gasteiger partial charge < -0.3 is 25.4 Å². The number of hydrogen-bond donors (Lipinski definition) is 3. The summed E-state index contributed by atoms with van der Waals surface area (Å²) in [5.74, 6) is -2.61. The molecule has 2 heterocycles. The molecule has 0 radical (unpaired) electrons. The summed E-state index contributed by atoms with van der Waals surface area (Å²) < 4.78 is 11.9. The standard InChI is InChI=1S/C25H22N2O7S/c1-3-34-25(32)19-18(14-6-10-16(29)11-7-14)20(24(31)33-2)23-27(21(19)26)22(30)17(35-23)12-13-4-8-15(28)9-5-13/h4-12,18,28-29H,3,26H2,1-2H3. The van der Waals surface area contributed by atoms with Crippen molar-refractivity contribution in [2.75, 3.05) is 13.7 Å². The SMILES string of the molecule is CCOC(=O)C1=C(N)n2c(sc(=Cc3ccc(O)cc3)c2=O)=C(C(=O)OC)C1c1ccc(O)cc1. The van der Waals surface area contributed by atoms with Gasteiger partial charge in [-0.3, -0.25) is 9.36 Å². The van der Waals surface area contributed by atoms with Crippen molar-refractivity contribution in [3.8, 4) is 11.5 Å². The Morgan fingerprint density at radius 1 is 1.03 bits per heavy atom. The first-order chi connectivity index (χ1) is 16.8. The van der Waals surface area contributed by atoms with Gasteiger partial charge in [-0.15, -0.1) is 11.3 Å². The lowest BCUT2D eigenvalue weighted by Crippen LogP contribution is -2.41. The number of aromatic hydroxyl groups is 2. The van der Waals surface area contributed by atoms with Crippen LogP contribution in [0.4, 0.5) is 0 Å². The molecule has 0 saturated carbocycles. The van der Waals surface area contributed by atoms with E-state index in [1.807, 2.05) is 0 Å². The van der Waals surface area contributed by atoms with Gasteiger partial charge in [0.2, 0.25) is 0 Å². The zero-order valence-corrected chi connectivity index (χ0v) is 19.7. The molecule has 35 heavy (non-hydrogen) atoms. The fraction of sp³-hybridized carbons (Fsp3) is 0.160. The highest BCUT2D eigenvalue weighted by molar-refractivity contribution is 7.07. The number of phenols is 2. The van der Waals surface area contributed by atoms with Crippen molar-refractivity contribution in [2.45, 2.75) is 12.8 Å². The van der Waals surface area contributed by atoms with Crippen molar-refractivity contribution in [3.05, 3.63) is 84.8 Å². The van der Waals surface area contributed by atoms with E-state index in [-0.39, 0.29) is 44.3 Å². The molecule has 1 atom stereocenters. The van der Waals surface area contributed by atoms with Gasteiger partial charge >= 0.3 is 11.9 Å². The van der Waals surface area contributed by atoms with Crippen LogP contribution in [0.25, 0.3) is 17.5 Å². The number of nitrogens with two attached hydrogens (primary N) is 1. The Labute approximate surface area is 203 Å². The average molecular weight is 495 g/mol. The molecule has 0 spiro atoms. The van der Waals surface area contributed by atoms with E-state index in [9.17, 15) is 24.6 Å². The zero-order valence-electron chi connectivity index (χ0n) is 18.8. The lowest BCUT2D eigenvalue weighted by atomic mass is 9.83. The number of carbonyl (C=O) groups is 2. The number of aromatic nitrogens is 1. The smallest absolute Gasteiger partial charge is 0.338 e. The first-order valence-electron chi connectivity index (χ1n) is 10.6. The first kappa shape index (κ1) is 23.8. The summed E-state index contributed by atoms with van der Waals surface area (Å²) in [6.45, 7) is 1.68. The lowest BCUT2D eigenvalue weighted by molar-refractivity contribution is -0.138. The normalized spacial score (nSPS) is 15.7. The number of carbonyl (C=O) groups excluding carboxylic acids is 2. The number of hydrogen-bond acceptors (Lipinski definition) is 9. The van der Waals surface area contributed by atoms with Gasteiger partial charge in [0.1, 0.15) is 22.0 Å². The van der Waals surface area contributed by atoms with Crippen LogP contribution < -0.4 is 20.5 Å². The van der Waals surface area contributed by atoms with E-state index in [1.54, 1.807) is 37.3 Å². The van der Waals surface area contributed by atoms with Crippen LogP contribution >= 0.6 is 11.3 Å². The van der Waals surface area contributed by atoms with Gasteiger partial charge in [0.25, 0.3) is 5.56 Å². The minimum absolute atomic E-state index is 0.00219. The molecule has 4 N–H and O–H groups in total. The van der Waals surface area contributed by atoms with E-state index in [0.29, 0.717) is 11.1 Å². The molecule has 0 aliphatic carbocycles. The minimum atomic E-state index is -0.998. The Balaban J connectivity index is 2.10. The maximum absolute atomic E-state index is 13.4. The Morgan fingerprint density at radius 2 is 1.63 bits per heavy atom. The maximum Gasteiger partial charge on any atom is 0.338 e. The van der Waals surface area contributed by atoms with Crippen molar-refractivity contribution in [1.29, 1.82) is 0 Å². The van der Waals surface area contributed by atoms with Gasteiger partial charge in [0, 0.05) is 0 Å². The number of fused-ring (bicyclic) bond motifs is 1. The van der Waals surface area contributed by atoms with Crippen LogP contribution in [0.3, 0.4) is 0 Å². The molecule has 10 heteroatoms. The average Bonchev–Trinajstić information content (AvgIpc) is 3.16. The summed E-state index contributed by atoms with van der Waals surface area (Å²) >= 11 is 1.02. The van der Waals surface area contributed by atoms with Crippen LogP contribution in [0, 0.1) is 0 Å². The maximum atomic E-state index is 13.4. The number of methoxy groups -OCH3 is 1. The third kappa shape index (κ3) is 4.31. The van der Waals surface area contributed by atoms with E-state index in [4.69, 9.17) is 15.2 Å². The number of nitrogens with zero attached hydrogens (tertiary/aromatic N) is 1. The van der Waals surface area contributed by atoms with Crippen LogP contribution in [-0.4, -0.2) is 40.4 Å². The molecule has 180 valence electrons. The number of phenolic OH excluding ortho intramolecular Hbond substituents is 2. The van der Waals surface area contributed by atoms with Crippen molar-refractivity contribution >= 4 is 40.7 Å². The second kappa shape index (κ2) is 9.51. The number of benzene rings is 2. The van der Waals surface area contributed by atoms with E-state index in [0.717, 1.165) is 15.9 Å². The van der Waals surface area contributed by atoms with Crippen molar-refractivity contribution in [3.63, 3.8) is 0 Å². The fourth-order valence-electron chi connectivity index (χ4n) is 3.89. The molecule has 4 rings (SSSR count). The van der Waals surface area contributed by atoms with Crippen molar-refractivity contribution in [1.82, 2.24) is 4.57 Å². The summed E-state index contributed by atoms with van der Waals surface area (Å²) in [4.78, 5) is 39.5. The largest absolute Gasteiger partial charge is 0.508 e. The summed E-state index contributed by atoms with van der Waals surface area (Å²) in [6.07, 6.45) is 1.60. The molecule has 1 aliphatic rings. The van der Waals surface area contributed by atoms with Gasteiger partial charge in [0.05, 0.1) is 35.3 Å². The Kier molecular flexibility index (Phi) is 6.48. The van der Waals surface area contributed by atoms with E-state index >= 15 is 0 Å². The molecule has 2 aromatic carbocycles. The number of rotatable bonds is 5. The van der Waals surface area contributed by atoms with Crippen LogP contribution in [0.5, 0.6) is 11.5 Å². The Hall–Kier alpha value is -4.31. The molecule has 3 aromatic rings. The van der Waals surface area contributed by atoms with Crippen LogP contribution in [-0.2, 0) is 19.1 Å². The van der Waals surface area contributed by atoms with Crippen LogP contribution in [0.2, 0.25) is 0 Å². The highest BCUT2D eigenvalue weighted by Crippen LogP contribution is 2.38. The molecule has 1 aliphatic heterocycles. The molecule has 1 unspecified atom stereocenters. The van der Waals surface area contributed by atoms with E-state index in [1.165, 1.54) is 31.4 Å². The number of ether oxygens (including phenoxy) is 2. The van der Waals surface area contributed by atoms with E-state index < -0.39 is 23.4 Å². The lowest BCUT2D eigenvalue weighted by Gasteiger charge is -2.26. The Morgan fingerprint density at radius 3 is 2.20 bits per heavy atom. The van der Waals surface area contributed by atoms with Gasteiger partial charge in [-0.05, 0) is 48.4 Å². The monoisotopic (exact) mass is 494 g/mol. The Bertz CT molecular complexity index is 1510. The zero-order chi connectivity index (χ0) is 25.3. The van der Waals surface area contributed by atoms with Crippen molar-refractivity contribution < 1.29 is 29.3 Å². The molecule has 9 nitrogen and oxygen atoms in total. The van der Waals surface area contributed by atoms with Gasteiger partial charge in [0.15, 0.2) is 0 Å². The third-order valence-corrected chi connectivity index (χ3v) is 6.57. The third-order valence-electron chi connectivity index (χ3n) is 5.47. The summed E-state index contributed by atoms with van der Waals surface area (Å²) in [5.41, 5.74) is 6.95. The predicted molar refractivity (Wildman–Crippen MR) is 130 cm³/mol. The second-order valence-electron chi connectivity index (χ2n) is 7.60. The molecule has 0 fully saturated rings. The summed E-state index contributed by atoms with van der Waals surface area (Å²) in [7, 11) is 1.20. The second-order valence-corrected chi connectivity index (χ2v) is 8.63. The van der Waals surface area contributed by atoms with Crippen molar-refractivity contribution in [2.24, 2.45) is 5.73 Å².